The maximum absolute atomic E-state index is 12.4. The molecule has 1 aliphatic carbocycles. The van der Waals surface area contributed by atoms with Gasteiger partial charge in [-0.05, 0) is 18.8 Å². The zero-order chi connectivity index (χ0) is 14.3. The molecule has 3 rings (SSSR count). The third kappa shape index (κ3) is 2.07. The van der Waals surface area contributed by atoms with Crippen molar-refractivity contribution in [2.75, 3.05) is 0 Å². The molecule has 102 valence electrons. The van der Waals surface area contributed by atoms with Gasteiger partial charge in [-0.15, -0.1) is 0 Å². The van der Waals surface area contributed by atoms with Crippen LogP contribution in [0.15, 0.2) is 12.4 Å². The van der Waals surface area contributed by atoms with Crippen LogP contribution in [0, 0.1) is 16.7 Å². The predicted octanol–water partition coefficient (Wildman–Crippen LogP) is 2.96. The number of nitrogens with zero attached hydrogens (tertiary/aromatic N) is 3. The number of aromatic nitrogens is 3. The van der Waals surface area contributed by atoms with E-state index in [0.717, 1.165) is 18.5 Å². The second-order valence-corrected chi connectivity index (χ2v) is 5.84. The number of carbonyl (C=O) groups excluding carboxylic acids is 1. The van der Waals surface area contributed by atoms with Gasteiger partial charge in [0.1, 0.15) is 5.52 Å². The van der Waals surface area contributed by atoms with Crippen LogP contribution < -0.4 is 0 Å². The Morgan fingerprint density at radius 1 is 1.55 bits per heavy atom. The lowest BCUT2D eigenvalue weighted by Crippen LogP contribution is -2.08. The van der Waals surface area contributed by atoms with Gasteiger partial charge < -0.3 is 4.98 Å². The van der Waals surface area contributed by atoms with Crippen LogP contribution in [0.25, 0.3) is 11.2 Å². The van der Waals surface area contributed by atoms with E-state index in [1.807, 2.05) is 13.8 Å². The summed E-state index contributed by atoms with van der Waals surface area (Å²) >= 11 is 0. The fraction of sp³-hybridized carbons (Fsp3) is 0.467. The fourth-order valence-electron chi connectivity index (χ4n) is 2.28. The van der Waals surface area contributed by atoms with Gasteiger partial charge in [-0.25, -0.2) is 9.97 Å². The number of nitrogens with one attached hydrogen (secondary N) is 1. The minimum atomic E-state index is -0.427. The van der Waals surface area contributed by atoms with Gasteiger partial charge in [-0.1, -0.05) is 13.8 Å². The fourth-order valence-corrected chi connectivity index (χ4v) is 2.28. The molecular weight excluding hydrogens is 252 g/mol. The van der Waals surface area contributed by atoms with Crippen molar-refractivity contribution in [3.05, 3.63) is 23.7 Å². The molecule has 0 aliphatic heterocycles. The standard InChI is InChI=1S/C15H16N4O/c1-9(2)11-7-18-14-13(19-11)10(6-17-14)12(20)5-15(8-16)3-4-15/h6-7,9H,3-5H2,1-2H3,(H,17,18). The molecule has 0 radical (unpaired) electrons. The quantitative estimate of drug-likeness (QED) is 0.864. The van der Waals surface area contributed by atoms with Gasteiger partial charge >= 0.3 is 0 Å². The van der Waals surface area contributed by atoms with E-state index in [1.54, 1.807) is 12.4 Å². The molecule has 0 saturated heterocycles. The Balaban J connectivity index is 1.97. The van der Waals surface area contributed by atoms with Crippen molar-refractivity contribution in [1.29, 1.82) is 5.26 Å². The number of hydrogen-bond donors (Lipinski definition) is 1. The lowest BCUT2D eigenvalue weighted by Gasteiger charge is -2.05. The highest BCUT2D eigenvalue weighted by molar-refractivity contribution is 6.06. The Bertz CT molecular complexity index is 719. The van der Waals surface area contributed by atoms with Crippen molar-refractivity contribution in [2.24, 2.45) is 5.41 Å². The maximum atomic E-state index is 12.4. The molecule has 1 saturated carbocycles. The van der Waals surface area contributed by atoms with E-state index < -0.39 is 5.41 Å². The average Bonchev–Trinajstić information content (AvgIpc) is 3.07. The molecule has 2 heterocycles. The second-order valence-electron chi connectivity index (χ2n) is 5.84. The first-order valence-electron chi connectivity index (χ1n) is 6.83. The normalized spacial score (nSPS) is 16.3. The molecule has 2 aromatic heterocycles. The zero-order valence-corrected chi connectivity index (χ0v) is 11.6. The summed E-state index contributed by atoms with van der Waals surface area (Å²) in [4.78, 5) is 24.2. The van der Waals surface area contributed by atoms with E-state index in [-0.39, 0.29) is 18.1 Å². The largest absolute Gasteiger partial charge is 0.344 e. The number of carbonyl (C=O) groups is 1. The minimum Gasteiger partial charge on any atom is -0.344 e. The van der Waals surface area contributed by atoms with Crippen molar-refractivity contribution in [1.82, 2.24) is 15.0 Å². The predicted molar refractivity (Wildman–Crippen MR) is 74.2 cm³/mol. The van der Waals surface area contributed by atoms with E-state index in [4.69, 9.17) is 5.26 Å². The molecule has 5 heteroatoms. The molecule has 1 aliphatic rings. The van der Waals surface area contributed by atoms with Crippen LogP contribution in [0.5, 0.6) is 0 Å². The van der Waals surface area contributed by atoms with Gasteiger partial charge in [0, 0.05) is 12.6 Å². The SMILES string of the molecule is CC(C)c1cnc2[nH]cc(C(=O)CC3(C#N)CC3)c2n1. The van der Waals surface area contributed by atoms with Crippen molar-refractivity contribution >= 4 is 16.9 Å². The van der Waals surface area contributed by atoms with E-state index in [0.29, 0.717) is 16.7 Å². The summed E-state index contributed by atoms with van der Waals surface area (Å²) in [5.74, 6) is 0.240. The molecule has 2 aromatic rings. The Morgan fingerprint density at radius 2 is 2.30 bits per heavy atom. The molecule has 0 amide bonds. The highest BCUT2D eigenvalue weighted by atomic mass is 16.1. The number of H-pyrrole nitrogens is 1. The molecule has 5 nitrogen and oxygen atoms in total. The first kappa shape index (κ1) is 12.8. The first-order chi connectivity index (χ1) is 9.54. The summed E-state index contributed by atoms with van der Waals surface area (Å²) in [6.07, 6.45) is 5.31. The first-order valence-corrected chi connectivity index (χ1v) is 6.83. The number of rotatable bonds is 4. The summed E-state index contributed by atoms with van der Waals surface area (Å²) in [6.45, 7) is 4.08. The van der Waals surface area contributed by atoms with Crippen molar-refractivity contribution < 1.29 is 4.79 Å². The maximum Gasteiger partial charge on any atom is 0.168 e. The zero-order valence-electron chi connectivity index (χ0n) is 11.6. The number of Topliss-reactive ketones (excluding diaryl/α,β-unsaturated/α-hetero) is 1. The van der Waals surface area contributed by atoms with Crippen LogP contribution >= 0.6 is 0 Å². The van der Waals surface area contributed by atoms with Crippen LogP contribution in [0.1, 0.15) is 55.1 Å². The molecule has 0 aromatic carbocycles. The van der Waals surface area contributed by atoms with E-state index in [9.17, 15) is 4.79 Å². The lowest BCUT2D eigenvalue weighted by atomic mass is 9.98. The highest BCUT2D eigenvalue weighted by Crippen LogP contribution is 2.48. The number of fused-ring (bicyclic) bond motifs is 1. The van der Waals surface area contributed by atoms with Gasteiger partial charge in [0.25, 0.3) is 0 Å². The summed E-state index contributed by atoms with van der Waals surface area (Å²) in [5.41, 5.74) is 2.24. The van der Waals surface area contributed by atoms with Crippen LogP contribution in [0.3, 0.4) is 0 Å². The van der Waals surface area contributed by atoms with Gasteiger partial charge in [0.2, 0.25) is 0 Å². The molecule has 0 unspecified atom stereocenters. The Kier molecular flexibility index (Phi) is 2.82. The van der Waals surface area contributed by atoms with E-state index in [1.165, 1.54) is 0 Å². The lowest BCUT2D eigenvalue weighted by molar-refractivity contribution is 0.0967. The molecule has 1 fully saturated rings. The second kappa shape index (κ2) is 4.41. The number of nitriles is 1. The number of hydrogen-bond acceptors (Lipinski definition) is 4. The van der Waals surface area contributed by atoms with Gasteiger partial charge in [-0.2, -0.15) is 5.26 Å². The van der Waals surface area contributed by atoms with Crippen molar-refractivity contribution in [3.63, 3.8) is 0 Å². The Labute approximate surface area is 117 Å². The van der Waals surface area contributed by atoms with Crippen molar-refractivity contribution in [3.8, 4) is 6.07 Å². The van der Waals surface area contributed by atoms with Gasteiger partial charge in [0.05, 0.1) is 28.9 Å². The summed E-state index contributed by atoms with van der Waals surface area (Å²) in [6, 6.07) is 2.26. The third-order valence-corrected chi connectivity index (χ3v) is 3.88. The van der Waals surface area contributed by atoms with Gasteiger partial charge in [0.15, 0.2) is 11.4 Å². The molecule has 0 bridgehead atoms. The Morgan fingerprint density at radius 3 is 2.90 bits per heavy atom. The average molecular weight is 268 g/mol. The minimum absolute atomic E-state index is 0.0227. The number of ketones is 1. The third-order valence-electron chi connectivity index (χ3n) is 3.88. The smallest absolute Gasteiger partial charge is 0.168 e. The van der Waals surface area contributed by atoms with Crippen LogP contribution in [-0.2, 0) is 0 Å². The summed E-state index contributed by atoms with van der Waals surface area (Å²) < 4.78 is 0. The van der Waals surface area contributed by atoms with Crippen molar-refractivity contribution in [2.45, 2.75) is 39.0 Å². The molecule has 20 heavy (non-hydrogen) atoms. The highest BCUT2D eigenvalue weighted by Gasteiger charge is 2.45. The monoisotopic (exact) mass is 268 g/mol. The van der Waals surface area contributed by atoms with Crippen LogP contribution in [-0.4, -0.2) is 20.7 Å². The van der Waals surface area contributed by atoms with Crippen LogP contribution in [0.4, 0.5) is 0 Å². The Hall–Kier alpha value is -2.22. The number of aromatic amines is 1. The molecule has 1 N–H and O–H groups in total. The van der Waals surface area contributed by atoms with Gasteiger partial charge in [-0.3, -0.25) is 4.79 Å². The van der Waals surface area contributed by atoms with Crippen LogP contribution in [0.2, 0.25) is 0 Å². The topological polar surface area (TPSA) is 82.4 Å². The van der Waals surface area contributed by atoms with E-state index >= 15 is 0 Å². The summed E-state index contributed by atoms with van der Waals surface area (Å²) in [5, 5.41) is 9.10. The molecule has 0 atom stereocenters. The molecular formula is C15H16N4O. The summed E-state index contributed by atoms with van der Waals surface area (Å²) in [7, 11) is 0. The molecule has 0 spiro atoms. The van der Waals surface area contributed by atoms with E-state index in [2.05, 4.69) is 21.0 Å².